The number of hydrogen-bond acceptors (Lipinski definition) is 2. The Morgan fingerprint density at radius 1 is 1.05 bits per heavy atom. The summed E-state index contributed by atoms with van der Waals surface area (Å²) < 4.78 is 39.1. The molecule has 0 aromatic heterocycles. The predicted octanol–water partition coefficient (Wildman–Crippen LogP) is 2.99. The third-order valence-corrected chi connectivity index (χ3v) is 2.60. The number of anilines is 1. The largest absolute Gasteiger partial charge is 0.505 e. The number of phenolic OH excluding ortho intramolecular Hbond substituents is 1. The van der Waals surface area contributed by atoms with Gasteiger partial charge in [-0.15, -0.1) is 0 Å². The Morgan fingerprint density at radius 3 is 2.45 bits per heavy atom. The zero-order valence-electron chi connectivity index (χ0n) is 10.2. The van der Waals surface area contributed by atoms with Gasteiger partial charge in [-0.2, -0.15) is 0 Å². The summed E-state index contributed by atoms with van der Waals surface area (Å²) in [4.78, 5) is 11.7. The molecule has 0 spiro atoms. The first-order valence-corrected chi connectivity index (χ1v) is 5.68. The highest BCUT2D eigenvalue weighted by molar-refractivity contribution is 5.92. The number of rotatable bonds is 3. The maximum Gasteiger partial charge on any atom is 0.228 e. The Morgan fingerprint density at radius 2 is 1.80 bits per heavy atom. The normalized spacial score (nSPS) is 10.3. The van der Waals surface area contributed by atoms with Crippen molar-refractivity contribution in [3.8, 4) is 5.75 Å². The Balaban J connectivity index is 2.07. The highest BCUT2D eigenvalue weighted by Crippen LogP contribution is 2.19. The summed E-state index contributed by atoms with van der Waals surface area (Å²) in [6.45, 7) is 0. The maximum absolute atomic E-state index is 13.4. The average molecular weight is 281 g/mol. The average Bonchev–Trinajstić information content (AvgIpc) is 2.37. The molecule has 20 heavy (non-hydrogen) atoms. The molecule has 1 amide bonds. The van der Waals surface area contributed by atoms with Crippen molar-refractivity contribution >= 4 is 11.6 Å². The van der Waals surface area contributed by atoms with Gasteiger partial charge in [0, 0.05) is 17.8 Å². The van der Waals surface area contributed by atoms with Crippen LogP contribution in [0, 0.1) is 17.5 Å². The van der Waals surface area contributed by atoms with Crippen LogP contribution in [-0.2, 0) is 11.2 Å². The lowest BCUT2D eigenvalue weighted by Crippen LogP contribution is -2.15. The van der Waals surface area contributed by atoms with Crippen LogP contribution in [0.4, 0.5) is 18.9 Å². The molecule has 2 aromatic rings. The van der Waals surface area contributed by atoms with E-state index >= 15 is 0 Å². The van der Waals surface area contributed by atoms with Crippen molar-refractivity contribution in [1.82, 2.24) is 0 Å². The number of hydrogen-bond donors (Lipinski definition) is 2. The highest BCUT2D eigenvalue weighted by atomic mass is 19.1. The quantitative estimate of drug-likeness (QED) is 0.850. The molecular formula is C14H10F3NO2. The zero-order chi connectivity index (χ0) is 14.7. The first-order valence-electron chi connectivity index (χ1n) is 5.68. The van der Waals surface area contributed by atoms with Crippen LogP contribution in [0.3, 0.4) is 0 Å². The Hall–Kier alpha value is -2.50. The topological polar surface area (TPSA) is 49.3 Å². The number of halogens is 3. The van der Waals surface area contributed by atoms with Gasteiger partial charge >= 0.3 is 0 Å². The van der Waals surface area contributed by atoms with E-state index < -0.39 is 29.1 Å². The molecular weight excluding hydrogens is 271 g/mol. The number of carbonyl (C=O) groups is 1. The Labute approximate surface area is 112 Å². The van der Waals surface area contributed by atoms with E-state index in [0.717, 1.165) is 18.2 Å². The van der Waals surface area contributed by atoms with Gasteiger partial charge in [-0.25, -0.2) is 13.2 Å². The summed E-state index contributed by atoms with van der Waals surface area (Å²) in [5.74, 6) is -3.55. The summed E-state index contributed by atoms with van der Waals surface area (Å²) in [6.07, 6.45) is -0.311. The number of carbonyl (C=O) groups excluding carboxylic acids is 1. The van der Waals surface area contributed by atoms with Gasteiger partial charge in [-0.05, 0) is 23.8 Å². The van der Waals surface area contributed by atoms with Gasteiger partial charge in [0.25, 0.3) is 0 Å². The monoisotopic (exact) mass is 281 g/mol. The third-order valence-electron chi connectivity index (χ3n) is 2.60. The van der Waals surface area contributed by atoms with Crippen molar-refractivity contribution in [3.05, 3.63) is 59.4 Å². The molecule has 104 valence electrons. The molecule has 0 saturated carbocycles. The number of nitrogens with one attached hydrogen (secondary N) is 1. The molecule has 2 aromatic carbocycles. The minimum Gasteiger partial charge on any atom is -0.505 e. The second kappa shape index (κ2) is 5.64. The molecule has 0 fully saturated rings. The van der Waals surface area contributed by atoms with Crippen LogP contribution in [-0.4, -0.2) is 11.0 Å². The minimum atomic E-state index is -0.879. The van der Waals surface area contributed by atoms with Gasteiger partial charge in [0.1, 0.15) is 11.6 Å². The SMILES string of the molecule is O=C(Cc1ccc(F)cc1F)Nc1ccc(O)c(F)c1. The second-order valence-corrected chi connectivity index (χ2v) is 4.13. The van der Waals surface area contributed by atoms with Gasteiger partial charge in [-0.3, -0.25) is 4.79 Å². The van der Waals surface area contributed by atoms with Crippen LogP contribution in [0.25, 0.3) is 0 Å². The Bertz CT molecular complexity index is 659. The number of amides is 1. The summed E-state index contributed by atoms with van der Waals surface area (Å²) in [7, 11) is 0. The third kappa shape index (κ3) is 3.28. The molecule has 3 nitrogen and oxygen atoms in total. The van der Waals surface area contributed by atoms with E-state index in [2.05, 4.69) is 5.32 Å². The molecule has 0 aliphatic heterocycles. The lowest BCUT2D eigenvalue weighted by atomic mass is 10.1. The molecule has 0 unspecified atom stereocenters. The molecule has 0 heterocycles. The van der Waals surface area contributed by atoms with Gasteiger partial charge in [0.2, 0.25) is 5.91 Å². The van der Waals surface area contributed by atoms with Crippen molar-refractivity contribution in [3.63, 3.8) is 0 Å². The smallest absolute Gasteiger partial charge is 0.228 e. The molecule has 6 heteroatoms. The summed E-state index contributed by atoms with van der Waals surface area (Å²) in [5, 5.41) is 11.4. The minimum absolute atomic E-state index is 0.0307. The van der Waals surface area contributed by atoms with Gasteiger partial charge < -0.3 is 10.4 Å². The zero-order valence-corrected chi connectivity index (χ0v) is 10.2. The highest BCUT2D eigenvalue weighted by Gasteiger charge is 2.10. The number of phenols is 1. The number of aromatic hydroxyl groups is 1. The molecule has 2 N–H and O–H groups in total. The van der Waals surface area contributed by atoms with E-state index in [-0.39, 0.29) is 17.7 Å². The van der Waals surface area contributed by atoms with Crippen LogP contribution in [0.5, 0.6) is 5.75 Å². The van der Waals surface area contributed by atoms with Crippen LogP contribution in [0.1, 0.15) is 5.56 Å². The fraction of sp³-hybridized carbons (Fsp3) is 0.0714. The van der Waals surface area contributed by atoms with E-state index in [1.165, 1.54) is 12.1 Å². The van der Waals surface area contributed by atoms with E-state index in [1.54, 1.807) is 0 Å². The molecule has 0 radical (unpaired) electrons. The van der Waals surface area contributed by atoms with E-state index in [1.807, 2.05) is 0 Å². The van der Waals surface area contributed by atoms with E-state index in [9.17, 15) is 18.0 Å². The van der Waals surface area contributed by atoms with Crippen LogP contribution < -0.4 is 5.32 Å². The standard InChI is InChI=1S/C14H10F3NO2/c15-9-2-1-8(11(16)6-9)5-14(20)18-10-3-4-13(19)12(17)7-10/h1-4,6-7,19H,5H2,(H,18,20). The van der Waals surface area contributed by atoms with E-state index in [0.29, 0.717) is 6.07 Å². The van der Waals surface area contributed by atoms with Crippen molar-refractivity contribution in [1.29, 1.82) is 0 Å². The molecule has 0 aliphatic carbocycles. The lowest BCUT2D eigenvalue weighted by Gasteiger charge is -2.07. The first-order chi connectivity index (χ1) is 9.45. The molecule has 0 atom stereocenters. The first kappa shape index (κ1) is 13.9. The van der Waals surface area contributed by atoms with Crippen LogP contribution >= 0.6 is 0 Å². The van der Waals surface area contributed by atoms with Crippen LogP contribution in [0.2, 0.25) is 0 Å². The second-order valence-electron chi connectivity index (χ2n) is 4.13. The lowest BCUT2D eigenvalue weighted by molar-refractivity contribution is -0.115. The van der Waals surface area contributed by atoms with Gasteiger partial charge in [0.15, 0.2) is 11.6 Å². The summed E-state index contributed by atoms with van der Waals surface area (Å²) >= 11 is 0. The molecule has 2 rings (SSSR count). The van der Waals surface area contributed by atoms with Crippen molar-refractivity contribution in [2.45, 2.75) is 6.42 Å². The molecule has 0 aliphatic rings. The van der Waals surface area contributed by atoms with Gasteiger partial charge in [-0.1, -0.05) is 6.07 Å². The fourth-order valence-electron chi connectivity index (χ4n) is 1.63. The van der Waals surface area contributed by atoms with E-state index in [4.69, 9.17) is 5.11 Å². The van der Waals surface area contributed by atoms with Crippen molar-refractivity contribution < 1.29 is 23.1 Å². The predicted molar refractivity (Wildman–Crippen MR) is 66.8 cm³/mol. The van der Waals surface area contributed by atoms with Crippen molar-refractivity contribution in [2.75, 3.05) is 5.32 Å². The molecule has 0 saturated heterocycles. The van der Waals surface area contributed by atoms with Gasteiger partial charge in [0.05, 0.1) is 6.42 Å². The Kier molecular flexibility index (Phi) is 3.93. The van der Waals surface area contributed by atoms with Crippen LogP contribution in [0.15, 0.2) is 36.4 Å². The van der Waals surface area contributed by atoms with Crippen molar-refractivity contribution in [2.24, 2.45) is 0 Å². The maximum atomic E-state index is 13.4. The molecule has 0 bridgehead atoms. The fourth-order valence-corrected chi connectivity index (χ4v) is 1.63. The summed E-state index contributed by atoms with van der Waals surface area (Å²) in [6, 6.07) is 6.23. The number of benzene rings is 2. The summed E-state index contributed by atoms with van der Waals surface area (Å²) in [5.41, 5.74) is 0.163.